The summed E-state index contributed by atoms with van der Waals surface area (Å²) in [5, 5.41) is 0. The molecule has 4 nitrogen and oxygen atoms in total. The van der Waals surface area contributed by atoms with Crippen LogP contribution in [0.3, 0.4) is 0 Å². The number of rotatable bonds is 13. The van der Waals surface area contributed by atoms with Gasteiger partial charge >= 0.3 is 0 Å². The molecule has 2 aliphatic carbocycles. The maximum absolute atomic E-state index is 11.3. The summed E-state index contributed by atoms with van der Waals surface area (Å²) in [6, 6.07) is 0. The molecule has 38 heavy (non-hydrogen) atoms. The number of hydrogen-bond acceptors (Lipinski definition) is 4. The van der Waals surface area contributed by atoms with E-state index in [0.717, 1.165) is 35.4 Å². The molecule has 2 aliphatic heterocycles. The van der Waals surface area contributed by atoms with E-state index in [1.165, 1.54) is 64.2 Å². The van der Waals surface area contributed by atoms with Crippen molar-refractivity contribution in [3.63, 3.8) is 0 Å². The molecule has 0 aromatic rings. The van der Waals surface area contributed by atoms with Gasteiger partial charge < -0.3 is 9.80 Å². The number of ketones is 2. The molecule has 4 rings (SSSR count). The summed E-state index contributed by atoms with van der Waals surface area (Å²) in [6.07, 6.45) is 44.2. The molecule has 0 spiro atoms. The molecular formula is C34H40N2O2. The third-order valence-electron chi connectivity index (χ3n) is 7.24. The van der Waals surface area contributed by atoms with Gasteiger partial charge in [0.15, 0.2) is 11.6 Å². The van der Waals surface area contributed by atoms with Gasteiger partial charge in [0.2, 0.25) is 0 Å². The van der Waals surface area contributed by atoms with E-state index in [-0.39, 0.29) is 11.6 Å². The van der Waals surface area contributed by atoms with Crippen LogP contribution in [-0.4, -0.2) is 34.5 Å². The van der Waals surface area contributed by atoms with Gasteiger partial charge in [-0.1, -0.05) is 75.7 Å². The molecule has 0 atom stereocenters. The van der Waals surface area contributed by atoms with Crippen LogP contribution in [0.5, 0.6) is 0 Å². The van der Waals surface area contributed by atoms with Crippen molar-refractivity contribution in [2.24, 2.45) is 0 Å². The molecule has 0 radical (unpaired) electrons. The second kappa shape index (κ2) is 14.9. The van der Waals surface area contributed by atoms with Gasteiger partial charge in [0.05, 0.1) is 0 Å². The minimum absolute atomic E-state index is 0.0551. The van der Waals surface area contributed by atoms with E-state index in [2.05, 4.69) is 58.9 Å². The normalized spacial score (nSPS) is 18.2. The molecule has 0 saturated heterocycles. The molecule has 0 fully saturated rings. The Balaban J connectivity index is 0.957. The first-order valence-electron chi connectivity index (χ1n) is 14.2. The van der Waals surface area contributed by atoms with Crippen LogP contribution in [0, 0.1) is 0 Å². The molecule has 2 heterocycles. The van der Waals surface area contributed by atoms with Gasteiger partial charge in [-0.25, -0.2) is 0 Å². The van der Waals surface area contributed by atoms with Gasteiger partial charge in [-0.2, -0.15) is 0 Å². The smallest absolute Gasteiger partial charge is 0.178 e. The molecule has 0 saturated carbocycles. The number of hydrogen-bond donors (Lipinski definition) is 0. The van der Waals surface area contributed by atoms with Crippen molar-refractivity contribution >= 4 is 11.6 Å². The topological polar surface area (TPSA) is 40.6 Å². The molecule has 0 aromatic carbocycles. The van der Waals surface area contributed by atoms with Crippen molar-refractivity contribution in [3.8, 4) is 0 Å². The fourth-order valence-corrected chi connectivity index (χ4v) is 4.90. The Morgan fingerprint density at radius 1 is 0.342 bits per heavy atom. The predicted octanol–water partition coefficient (Wildman–Crippen LogP) is 7.56. The van der Waals surface area contributed by atoms with Crippen molar-refractivity contribution in [1.82, 2.24) is 9.80 Å². The van der Waals surface area contributed by atoms with E-state index in [1.807, 2.05) is 24.3 Å². The number of unbranched alkanes of at least 4 members (excludes halogenated alkanes) is 9. The number of allylic oxidation sites excluding steroid dienone is 16. The third-order valence-corrected chi connectivity index (χ3v) is 7.24. The molecule has 0 unspecified atom stereocenters. The van der Waals surface area contributed by atoms with Crippen LogP contribution in [0.1, 0.15) is 64.2 Å². The molecule has 0 bridgehead atoms. The second-order valence-electron chi connectivity index (χ2n) is 10.2. The molecule has 0 amide bonds. The highest BCUT2D eigenvalue weighted by atomic mass is 16.1. The number of carbonyl (C=O) groups is 2. The van der Waals surface area contributed by atoms with E-state index >= 15 is 0 Å². The van der Waals surface area contributed by atoms with Crippen molar-refractivity contribution in [3.05, 3.63) is 120 Å². The molecule has 4 aliphatic rings. The fraction of sp³-hybridized carbons (Fsp3) is 0.353. The zero-order valence-corrected chi connectivity index (χ0v) is 22.4. The highest BCUT2D eigenvalue weighted by Crippen LogP contribution is 2.20. The summed E-state index contributed by atoms with van der Waals surface area (Å²) in [5.41, 5.74) is 4.48. The van der Waals surface area contributed by atoms with E-state index < -0.39 is 0 Å². The van der Waals surface area contributed by atoms with Crippen LogP contribution in [0.15, 0.2) is 120 Å². The minimum atomic E-state index is 0.0551. The average Bonchev–Trinajstić information content (AvgIpc) is 2.95. The van der Waals surface area contributed by atoms with E-state index in [0.29, 0.717) is 0 Å². The average molecular weight is 509 g/mol. The van der Waals surface area contributed by atoms with Crippen molar-refractivity contribution in [1.29, 1.82) is 0 Å². The quantitative estimate of drug-likeness (QED) is 0.241. The Morgan fingerprint density at radius 3 is 0.921 bits per heavy atom. The summed E-state index contributed by atoms with van der Waals surface area (Å²) >= 11 is 0. The first kappa shape index (κ1) is 27.4. The second-order valence-corrected chi connectivity index (χ2v) is 10.2. The van der Waals surface area contributed by atoms with Crippen LogP contribution >= 0.6 is 0 Å². The lowest BCUT2D eigenvalue weighted by molar-refractivity contribution is -0.111. The first-order valence-corrected chi connectivity index (χ1v) is 14.2. The Labute approximate surface area is 228 Å². The van der Waals surface area contributed by atoms with E-state index in [4.69, 9.17) is 0 Å². The Hall–Kier alpha value is -3.66. The van der Waals surface area contributed by atoms with Gasteiger partial charge in [0.25, 0.3) is 0 Å². The Bertz CT molecular complexity index is 1010. The summed E-state index contributed by atoms with van der Waals surface area (Å²) in [5.74, 6) is 0.110. The Morgan fingerprint density at radius 2 is 0.605 bits per heavy atom. The lowest BCUT2D eigenvalue weighted by Gasteiger charge is -2.19. The van der Waals surface area contributed by atoms with E-state index in [9.17, 15) is 9.59 Å². The maximum Gasteiger partial charge on any atom is 0.178 e. The summed E-state index contributed by atoms with van der Waals surface area (Å²) in [4.78, 5) is 27.1. The minimum Gasteiger partial charge on any atom is -0.354 e. The predicted molar refractivity (Wildman–Crippen MR) is 157 cm³/mol. The van der Waals surface area contributed by atoms with Crippen molar-refractivity contribution in [2.75, 3.05) is 13.1 Å². The first-order chi connectivity index (χ1) is 18.7. The summed E-state index contributed by atoms with van der Waals surface area (Å²) in [6.45, 7) is 2.13. The number of carbonyl (C=O) groups excluding carboxylic acids is 2. The molecule has 0 N–H and O–H groups in total. The highest BCUT2D eigenvalue weighted by molar-refractivity contribution is 6.02. The van der Waals surface area contributed by atoms with E-state index in [1.54, 1.807) is 24.3 Å². The monoisotopic (exact) mass is 508 g/mol. The third kappa shape index (κ3) is 9.02. The standard InChI is InChI=1S/C34H40N2O2/c37-33-15-11-29(12-16-33)31-19-25-35(26-20-31)23-9-7-5-3-1-2-4-6-8-10-24-36-27-21-32(22-28-36)30-13-17-34(38)18-14-30/h11-22,25-28H,1-10,23-24H2. The molecule has 4 heteroatoms. The van der Waals surface area contributed by atoms with Gasteiger partial charge in [0.1, 0.15) is 0 Å². The van der Waals surface area contributed by atoms with Gasteiger partial charge in [-0.3, -0.25) is 9.59 Å². The molecule has 0 aromatic heterocycles. The zero-order valence-electron chi connectivity index (χ0n) is 22.4. The van der Waals surface area contributed by atoms with Crippen LogP contribution in [0.25, 0.3) is 0 Å². The summed E-state index contributed by atoms with van der Waals surface area (Å²) < 4.78 is 0. The van der Waals surface area contributed by atoms with Gasteiger partial charge in [-0.05, 0) is 83.7 Å². The Kier molecular flexibility index (Phi) is 10.8. The van der Waals surface area contributed by atoms with Gasteiger partial charge in [-0.15, -0.1) is 0 Å². The maximum atomic E-state index is 11.3. The SMILES string of the molecule is O=C1C=CC(=C2C=CN(CCCCCCCCCCCCN3C=CC(=C4C=CC(=O)C=C4)C=C3)C=C2)C=C1. The largest absolute Gasteiger partial charge is 0.354 e. The lowest BCUT2D eigenvalue weighted by Crippen LogP contribution is -2.13. The van der Waals surface area contributed by atoms with Crippen LogP contribution in [0.4, 0.5) is 0 Å². The van der Waals surface area contributed by atoms with Crippen LogP contribution in [0.2, 0.25) is 0 Å². The van der Waals surface area contributed by atoms with Crippen LogP contribution < -0.4 is 0 Å². The van der Waals surface area contributed by atoms with Gasteiger partial charge in [0, 0.05) is 37.9 Å². The fourth-order valence-electron chi connectivity index (χ4n) is 4.90. The molecular weight excluding hydrogens is 468 g/mol. The zero-order chi connectivity index (χ0) is 26.4. The summed E-state index contributed by atoms with van der Waals surface area (Å²) in [7, 11) is 0. The lowest BCUT2D eigenvalue weighted by atomic mass is 10.0. The molecule has 198 valence electrons. The van der Waals surface area contributed by atoms with Crippen LogP contribution in [-0.2, 0) is 9.59 Å². The number of nitrogens with zero attached hydrogens (tertiary/aromatic N) is 2. The highest BCUT2D eigenvalue weighted by Gasteiger charge is 2.07. The van der Waals surface area contributed by atoms with Crippen molar-refractivity contribution in [2.45, 2.75) is 64.2 Å². The van der Waals surface area contributed by atoms with Crippen molar-refractivity contribution < 1.29 is 9.59 Å².